The molecule has 0 spiro atoms. The quantitative estimate of drug-likeness (QED) is 0.824. The Bertz CT molecular complexity index is 727. The first kappa shape index (κ1) is 17.5. The third-order valence-electron chi connectivity index (χ3n) is 5.04. The molecular formula is C21H27N3O. The normalized spacial score (nSPS) is 17.2. The van der Waals surface area contributed by atoms with Crippen LogP contribution in [0.25, 0.3) is 0 Å². The molecule has 1 heterocycles. The van der Waals surface area contributed by atoms with Gasteiger partial charge < -0.3 is 11.1 Å². The van der Waals surface area contributed by atoms with Gasteiger partial charge in [-0.15, -0.1) is 0 Å². The van der Waals surface area contributed by atoms with E-state index < -0.39 is 0 Å². The van der Waals surface area contributed by atoms with E-state index in [4.69, 9.17) is 5.73 Å². The summed E-state index contributed by atoms with van der Waals surface area (Å²) in [6.45, 7) is 7.92. The second kappa shape index (κ2) is 7.28. The minimum absolute atomic E-state index is 0.135. The molecule has 4 nitrogen and oxygen atoms in total. The Morgan fingerprint density at radius 3 is 2.36 bits per heavy atom. The van der Waals surface area contributed by atoms with Crippen LogP contribution in [-0.2, 0) is 6.54 Å². The average Bonchev–Trinajstić information content (AvgIpc) is 2.59. The number of benzene rings is 2. The van der Waals surface area contributed by atoms with Crippen LogP contribution >= 0.6 is 0 Å². The summed E-state index contributed by atoms with van der Waals surface area (Å²) in [5, 5.41) is 2.86. The number of likely N-dealkylation sites (tertiary alicyclic amines) is 1. The first-order chi connectivity index (χ1) is 11.9. The molecule has 1 saturated heterocycles. The largest absolute Gasteiger partial charge is 0.397 e. The molecule has 1 amide bonds. The predicted molar refractivity (Wildman–Crippen MR) is 104 cm³/mol. The van der Waals surface area contributed by atoms with Gasteiger partial charge in [0.2, 0.25) is 0 Å². The molecule has 0 atom stereocenters. The maximum Gasteiger partial charge on any atom is 0.255 e. The molecule has 25 heavy (non-hydrogen) atoms. The van der Waals surface area contributed by atoms with Gasteiger partial charge in [0.05, 0.1) is 11.4 Å². The highest BCUT2D eigenvalue weighted by atomic mass is 16.1. The zero-order valence-corrected chi connectivity index (χ0v) is 15.1. The fraction of sp³-hybridized carbons (Fsp3) is 0.381. The van der Waals surface area contributed by atoms with Gasteiger partial charge in [-0.05, 0) is 61.2 Å². The van der Waals surface area contributed by atoms with Crippen molar-refractivity contribution in [2.24, 2.45) is 5.41 Å². The summed E-state index contributed by atoms with van der Waals surface area (Å²) in [6, 6.07) is 15.1. The van der Waals surface area contributed by atoms with Gasteiger partial charge in [0, 0.05) is 12.1 Å². The first-order valence-electron chi connectivity index (χ1n) is 8.90. The van der Waals surface area contributed by atoms with E-state index in [0.29, 0.717) is 22.4 Å². The smallest absolute Gasteiger partial charge is 0.255 e. The number of para-hydroxylation sites is 2. The van der Waals surface area contributed by atoms with Gasteiger partial charge in [-0.2, -0.15) is 0 Å². The summed E-state index contributed by atoms with van der Waals surface area (Å²) in [5.41, 5.74) is 9.45. The number of amides is 1. The number of nitrogen functional groups attached to an aromatic ring is 1. The molecule has 3 rings (SSSR count). The van der Waals surface area contributed by atoms with E-state index in [-0.39, 0.29) is 5.91 Å². The van der Waals surface area contributed by atoms with Gasteiger partial charge in [0.15, 0.2) is 0 Å². The lowest BCUT2D eigenvalue weighted by atomic mass is 9.82. The fourth-order valence-corrected chi connectivity index (χ4v) is 3.14. The van der Waals surface area contributed by atoms with Gasteiger partial charge >= 0.3 is 0 Å². The molecule has 2 aromatic carbocycles. The van der Waals surface area contributed by atoms with Gasteiger partial charge in [0.25, 0.3) is 5.91 Å². The van der Waals surface area contributed by atoms with Crippen LogP contribution in [0.2, 0.25) is 0 Å². The summed E-state index contributed by atoms with van der Waals surface area (Å²) in [6.07, 6.45) is 2.48. The molecule has 4 heteroatoms. The number of hydrogen-bond acceptors (Lipinski definition) is 3. The molecule has 0 aromatic heterocycles. The van der Waals surface area contributed by atoms with Crippen LogP contribution in [0.5, 0.6) is 0 Å². The van der Waals surface area contributed by atoms with Crippen molar-refractivity contribution >= 4 is 17.3 Å². The second-order valence-corrected chi connectivity index (χ2v) is 7.68. The van der Waals surface area contributed by atoms with Gasteiger partial charge in [-0.1, -0.05) is 38.1 Å². The number of nitrogens with two attached hydrogens (primary N) is 1. The van der Waals surface area contributed by atoms with Crippen molar-refractivity contribution in [2.45, 2.75) is 33.2 Å². The molecule has 3 N–H and O–H groups in total. The number of carbonyl (C=O) groups excluding carboxylic acids is 1. The highest BCUT2D eigenvalue weighted by Crippen LogP contribution is 2.30. The summed E-state index contributed by atoms with van der Waals surface area (Å²) in [5.74, 6) is -0.135. The van der Waals surface area contributed by atoms with Crippen molar-refractivity contribution in [3.05, 3.63) is 59.7 Å². The SMILES string of the molecule is CC1(C)CCN(Cc2ccc(C(=O)Nc3ccccc3N)cc2)CC1. The minimum atomic E-state index is -0.135. The minimum Gasteiger partial charge on any atom is -0.397 e. The number of hydrogen-bond donors (Lipinski definition) is 2. The zero-order chi connectivity index (χ0) is 17.9. The van der Waals surface area contributed by atoms with Crippen molar-refractivity contribution < 1.29 is 4.79 Å². The number of nitrogens with one attached hydrogen (secondary N) is 1. The van der Waals surface area contributed by atoms with Crippen LogP contribution in [0.15, 0.2) is 48.5 Å². The summed E-state index contributed by atoms with van der Waals surface area (Å²) < 4.78 is 0. The molecular weight excluding hydrogens is 310 g/mol. The van der Waals surface area contributed by atoms with Crippen LogP contribution in [0.4, 0.5) is 11.4 Å². The average molecular weight is 337 g/mol. The lowest BCUT2D eigenvalue weighted by molar-refractivity contribution is 0.102. The van der Waals surface area contributed by atoms with Crippen LogP contribution in [-0.4, -0.2) is 23.9 Å². The summed E-state index contributed by atoms with van der Waals surface area (Å²) in [7, 11) is 0. The molecule has 0 unspecified atom stereocenters. The van der Waals surface area contributed by atoms with Crippen LogP contribution < -0.4 is 11.1 Å². The number of nitrogens with zero attached hydrogens (tertiary/aromatic N) is 1. The van der Waals surface area contributed by atoms with Gasteiger partial charge in [0.1, 0.15) is 0 Å². The van der Waals surface area contributed by atoms with E-state index >= 15 is 0 Å². The molecule has 1 fully saturated rings. The summed E-state index contributed by atoms with van der Waals surface area (Å²) >= 11 is 0. The first-order valence-corrected chi connectivity index (χ1v) is 8.90. The molecule has 0 radical (unpaired) electrons. The van der Waals surface area contributed by atoms with Crippen molar-refractivity contribution in [2.75, 3.05) is 24.1 Å². The standard InChI is InChI=1S/C21H27N3O/c1-21(2)11-13-24(14-12-21)15-16-7-9-17(10-8-16)20(25)23-19-6-4-3-5-18(19)22/h3-10H,11-15,22H2,1-2H3,(H,23,25). The van der Waals surface area contributed by atoms with Crippen molar-refractivity contribution in [1.29, 1.82) is 0 Å². The Balaban J connectivity index is 1.58. The van der Waals surface area contributed by atoms with Crippen LogP contribution in [0.3, 0.4) is 0 Å². The molecule has 0 saturated carbocycles. The highest BCUT2D eigenvalue weighted by Gasteiger charge is 2.25. The Labute approximate surface area is 150 Å². The molecule has 2 aromatic rings. The zero-order valence-electron chi connectivity index (χ0n) is 15.1. The number of carbonyl (C=O) groups is 1. The van der Waals surface area contributed by atoms with Gasteiger partial charge in [-0.3, -0.25) is 9.69 Å². The van der Waals surface area contributed by atoms with Gasteiger partial charge in [-0.25, -0.2) is 0 Å². The second-order valence-electron chi connectivity index (χ2n) is 7.68. The highest BCUT2D eigenvalue weighted by molar-refractivity contribution is 6.05. The van der Waals surface area contributed by atoms with Crippen LogP contribution in [0, 0.1) is 5.41 Å². The van der Waals surface area contributed by atoms with E-state index in [2.05, 4.69) is 24.1 Å². The Morgan fingerprint density at radius 1 is 1.08 bits per heavy atom. The van der Waals surface area contributed by atoms with Crippen molar-refractivity contribution in [3.63, 3.8) is 0 Å². The number of anilines is 2. The van der Waals surface area contributed by atoms with E-state index in [9.17, 15) is 4.79 Å². The Kier molecular flexibility index (Phi) is 5.09. The Hall–Kier alpha value is -2.33. The number of piperidine rings is 1. The molecule has 132 valence electrons. The van der Waals surface area contributed by atoms with E-state index in [1.165, 1.54) is 18.4 Å². The monoisotopic (exact) mass is 337 g/mol. The van der Waals surface area contributed by atoms with Crippen molar-refractivity contribution in [3.8, 4) is 0 Å². The fourth-order valence-electron chi connectivity index (χ4n) is 3.14. The molecule has 1 aliphatic rings. The number of rotatable bonds is 4. The van der Waals surface area contributed by atoms with Crippen LogP contribution in [0.1, 0.15) is 42.6 Å². The lowest BCUT2D eigenvalue weighted by Crippen LogP contribution is -2.36. The Morgan fingerprint density at radius 2 is 1.72 bits per heavy atom. The third kappa shape index (κ3) is 4.60. The summed E-state index contributed by atoms with van der Waals surface area (Å²) in [4.78, 5) is 14.9. The maximum atomic E-state index is 12.4. The molecule has 1 aliphatic heterocycles. The molecule has 0 bridgehead atoms. The van der Waals surface area contributed by atoms with E-state index in [0.717, 1.165) is 19.6 Å². The topological polar surface area (TPSA) is 58.4 Å². The predicted octanol–water partition coefficient (Wildman–Crippen LogP) is 4.14. The molecule has 0 aliphatic carbocycles. The lowest BCUT2D eigenvalue weighted by Gasteiger charge is -2.36. The third-order valence-corrected chi connectivity index (χ3v) is 5.04. The van der Waals surface area contributed by atoms with E-state index in [1.807, 2.05) is 36.4 Å². The maximum absolute atomic E-state index is 12.4. The van der Waals surface area contributed by atoms with E-state index in [1.54, 1.807) is 12.1 Å². The van der Waals surface area contributed by atoms with Crippen molar-refractivity contribution in [1.82, 2.24) is 4.90 Å².